The molecule has 1 aliphatic heterocycles. The quantitative estimate of drug-likeness (QED) is 0.531. The summed E-state index contributed by atoms with van der Waals surface area (Å²) < 4.78 is 32.6. The van der Waals surface area contributed by atoms with E-state index in [9.17, 15) is 13.2 Å². The van der Waals surface area contributed by atoms with Gasteiger partial charge in [-0.3, -0.25) is 10.1 Å². The van der Waals surface area contributed by atoms with Crippen molar-refractivity contribution in [2.24, 2.45) is 0 Å². The predicted molar refractivity (Wildman–Crippen MR) is 130 cm³/mol. The first kappa shape index (κ1) is 23.4. The lowest BCUT2D eigenvalue weighted by molar-refractivity contribution is -0.118. The van der Waals surface area contributed by atoms with Crippen molar-refractivity contribution in [3.8, 4) is 17.0 Å². The van der Waals surface area contributed by atoms with Crippen LogP contribution >= 0.6 is 11.3 Å². The Hall–Kier alpha value is -2.75. The van der Waals surface area contributed by atoms with Gasteiger partial charge in [0.15, 0.2) is 11.7 Å². The van der Waals surface area contributed by atoms with Gasteiger partial charge in [-0.15, -0.1) is 11.3 Å². The number of carbonyl (C=O) groups excluding carboxylic acids is 1. The van der Waals surface area contributed by atoms with E-state index in [1.165, 1.54) is 15.6 Å². The van der Waals surface area contributed by atoms with Crippen LogP contribution < -0.4 is 10.1 Å². The van der Waals surface area contributed by atoms with Gasteiger partial charge in [0.05, 0.1) is 10.6 Å². The van der Waals surface area contributed by atoms with Gasteiger partial charge in [-0.05, 0) is 56.9 Å². The number of thiazole rings is 1. The molecule has 9 heteroatoms. The van der Waals surface area contributed by atoms with E-state index in [-0.39, 0.29) is 17.4 Å². The Balaban J connectivity index is 1.38. The molecular weight excluding hydrogens is 458 g/mol. The molecule has 1 aromatic heterocycles. The third-order valence-electron chi connectivity index (χ3n) is 5.56. The number of ether oxygens (including phenoxy) is 1. The second-order valence-corrected chi connectivity index (χ2v) is 11.0. The maximum Gasteiger partial charge on any atom is 0.264 e. The molecule has 0 spiro atoms. The molecule has 1 aliphatic rings. The normalized spacial score (nSPS) is 14.4. The Labute approximate surface area is 198 Å². The lowest BCUT2D eigenvalue weighted by Gasteiger charge is -2.15. The summed E-state index contributed by atoms with van der Waals surface area (Å²) >= 11 is 1.31. The number of aromatic nitrogens is 1. The van der Waals surface area contributed by atoms with Gasteiger partial charge < -0.3 is 4.74 Å². The first-order chi connectivity index (χ1) is 15.7. The average molecular weight is 486 g/mol. The van der Waals surface area contributed by atoms with Crippen LogP contribution in [0.25, 0.3) is 11.3 Å². The van der Waals surface area contributed by atoms with Crippen molar-refractivity contribution in [3.63, 3.8) is 0 Å². The Morgan fingerprint density at radius 1 is 1.09 bits per heavy atom. The molecule has 0 atom stereocenters. The third-order valence-corrected chi connectivity index (χ3v) is 8.23. The van der Waals surface area contributed by atoms with Gasteiger partial charge in [0.2, 0.25) is 10.0 Å². The summed E-state index contributed by atoms with van der Waals surface area (Å²) in [6.45, 7) is 6.99. The molecule has 0 unspecified atom stereocenters. The lowest BCUT2D eigenvalue weighted by Crippen LogP contribution is -2.27. The highest BCUT2D eigenvalue weighted by Crippen LogP contribution is 2.28. The fourth-order valence-electron chi connectivity index (χ4n) is 4.03. The summed E-state index contributed by atoms with van der Waals surface area (Å²) in [7, 11) is -3.44. The second kappa shape index (κ2) is 9.62. The van der Waals surface area contributed by atoms with Crippen molar-refractivity contribution < 1.29 is 17.9 Å². The van der Waals surface area contributed by atoms with Crippen molar-refractivity contribution in [1.82, 2.24) is 9.29 Å². The summed E-state index contributed by atoms with van der Waals surface area (Å²) in [5.74, 6) is 0.432. The Morgan fingerprint density at radius 2 is 1.73 bits per heavy atom. The molecule has 3 aromatic rings. The molecule has 1 saturated heterocycles. The monoisotopic (exact) mass is 485 g/mol. The van der Waals surface area contributed by atoms with Crippen LogP contribution in [0.3, 0.4) is 0 Å². The maximum absolute atomic E-state index is 12.7. The molecule has 7 nitrogen and oxygen atoms in total. The van der Waals surface area contributed by atoms with Gasteiger partial charge in [-0.1, -0.05) is 29.8 Å². The summed E-state index contributed by atoms with van der Waals surface area (Å²) in [4.78, 5) is 17.1. The number of carbonyl (C=O) groups is 1. The van der Waals surface area contributed by atoms with Crippen LogP contribution in [-0.4, -0.2) is 43.3 Å². The number of nitrogens with one attached hydrogen (secondary N) is 1. The number of hydrogen-bond acceptors (Lipinski definition) is 6. The SMILES string of the molecule is Cc1cc(C)c(OCC(=O)Nc2nc(-c3ccc(S(=O)(=O)N4CCCC4)cc3)cs2)c(C)c1. The van der Waals surface area contributed by atoms with Crippen LogP contribution in [0.1, 0.15) is 29.5 Å². The highest BCUT2D eigenvalue weighted by Gasteiger charge is 2.27. The highest BCUT2D eigenvalue weighted by atomic mass is 32.2. The van der Waals surface area contributed by atoms with Crippen LogP contribution in [0.2, 0.25) is 0 Å². The second-order valence-electron chi connectivity index (χ2n) is 8.24. The van der Waals surface area contributed by atoms with Crippen molar-refractivity contribution in [2.45, 2.75) is 38.5 Å². The van der Waals surface area contributed by atoms with E-state index in [0.717, 1.165) is 40.8 Å². The molecule has 1 fully saturated rings. The molecular formula is C24H27N3O4S2. The molecule has 2 aromatic carbocycles. The first-order valence-corrected chi connectivity index (χ1v) is 13.1. The van der Waals surface area contributed by atoms with Gasteiger partial charge in [0.25, 0.3) is 5.91 Å². The summed E-state index contributed by atoms with van der Waals surface area (Å²) in [5.41, 5.74) is 4.60. The number of anilines is 1. The van der Waals surface area contributed by atoms with Gasteiger partial charge >= 0.3 is 0 Å². The number of hydrogen-bond donors (Lipinski definition) is 1. The van der Waals surface area contributed by atoms with Crippen molar-refractivity contribution in [1.29, 1.82) is 0 Å². The molecule has 0 bridgehead atoms. The number of aryl methyl sites for hydroxylation is 3. The zero-order valence-corrected chi connectivity index (χ0v) is 20.6. The summed E-state index contributed by atoms with van der Waals surface area (Å²) in [6.07, 6.45) is 1.81. The molecule has 4 rings (SSSR count). The molecule has 1 N–H and O–H groups in total. The summed E-state index contributed by atoms with van der Waals surface area (Å²) in [5, 5.41) is 5.06. The van der Waals surface area contributed by atoms with E-state index in [4.69, 9.17) is 4.74 Å². The predicted octanol–water partition coefficient (Wildman–Crippen LogP) is 4.54. The van der Waals surface area contributed by atoms with Crippen molar-refractivity contribution >= 4 is 32.4 Å². The van der Waals surface area contributed by atoms with Crippen molar-refractivity contribution in [2.75, 3.05) is 25.0 Å². The Morgan fingerprint density at radius 3 is 2.36 bits per heavy atom. The van der Waals surface area contributed by atoms with E-state index >= 15 is 0 Å². The standard InChI is InChI=1S/C24H27N3O4S2/c1-16-12-17(2)23(18(3)13-16)31-14-22(28)26-24-25-21(15-32-24)19-6-8-20(9-7-19)33(29,30)27-10-4-5-11-27/h6-9,12-13,15H,4-5,10-11,14H2,1-3H3,(H,25,26,28). The highest BCUT2D eigenvalue weighted by molar-refractivity contribution is 7.89. The average Bonchev–Trinajstić information content (AvgIpc) is 3.46. The molecule has 2 heterocycles. The van der Waals surface area contributed by atoms with Crippen molar-refractivity contribution in [3.05, 3.63) is 58.5 Å². The molecule has 0 radical (unpaired) electrons. The van der Waals surface area contributed by atoms with E-state index in [0.29, 0.717) is 23.9 Å². The van der Waals surface area contributed by atoms with E-state index in [2.05, 4.69) is 10.3 Å². The first-order valence-electron chi connectivity index (χ1n) is 10.8. The van der Waals surface area contributed by atoms with Gasteiger partial charge in [0.1, 0.15) is 5.75 Å². The van der Waals surface area contributed by atoms with E-state index < -0.39 is 10.0 Å². The molecule has 33 heavy (non-hydrogen) atoms. The van der Waals surface area contributed by atoms with Crippen LogP contribution in [-0.2, 0) is 14.8 Å². The number of amides is 1. The largest absolute Gasteiger partial charge is 0.483 e. The Bertz CT molecular complexity index is 1240. The number of sulfonamides is 1. The number of nitrogens with zero attached hydrogens (tertiary/aromatic N) is 2. The fourth-order valence-corrected chi connectivity index (χ4v) is 6.28. The van der Waals surface area contributed by atoms with Crippen LogP contribution in [0.15, 0.2) is 46.7 Å². The summed E-state index contributed by atoms with van der Waals surface area (Å²) in [6, 6.07) is 10.8. The zero-order chi connectivity index (χ0) is 23.6. The molecule has 1 amide bonds. The molecule has 0 saturated carbocycles. The maximum atomic E-state index is 12.7. The zero-order valence-electron chi connectivity index (χ0n) is 18.9. The van der Waals surface area contributed by atoms with Crippen LogP contribution in [0.5, 0.6) is 5.75 Å². The molecule has 174 valence electrons. The van der Waals surface area contributed by atoms with Gasteiger partial charge in [-0.2, -0.15) is 4.31 Å². The minimum atomic E-state index is -3.44. The van der Waals surface area contributed by atoms with Gasteiger partial charge in [-0.25, -0.2) is 13.4 Å². The van der Waals surface area contributed by atoms with Crippen LogP contribution in [0.4, 0.5) is 5.13 Å². The minimum Gasteiger partial charge on any atom is -0.483 e. The topological polar surface area (TPSA) is 88.6 Å². The number of rotatable bonds is 7. The molecule has 0 aliphatic carbocycles. The number of benzene rings is 2. The lowest BCUT2D eigenvalue weighted by atomic mass is 10.1. The van der Waals surface area contributed by atoms with Crippen LogP contribution in [0, 0.1) is 20.8 Å². The Kier molecular flexibility index (Phi) is 6.83. The van der Waals surface area contributed by atoms with E-state index in [1.54, 1.807) is 24.3 Å². The van der Waals surface area contributed by atoms with Gasteiger partial charge in [0, 0.05) is 24.0 Å². The minimum absolute atomic E-state index is 0.108. The third kappa shape index (κ3) is 5.26. The van der Waals surface area contributed by atoms with E-state index in [1.807, 2.05) is 38.3 Å². The fraction of sp³-hybridized carbons (Fsp3) is 0.333. The smallest absolute Gasteiger partial charge is 0.264 e.